The number of amides is 1. The molecule has 1 fully saturated rings. The van der Waals surface area contributed by atoms with Gasteiger partial charge in [0.25, 0.3) is 0 Å². The predicted octanol–water partition coefficient (Wildman–Crippen LogP) is 2.61. The van der Waals surface area contributed by atoms with E-state index >= 15 is 0 Å². The van der Waals surface area contributed by atoms with Gasteiger partial charge in [0.15, 0.2) is 5.65 Å². The van der Waals surface area contributed by atoms with E-state index in [2.05, 4.69) is 68.7 Å². The van der Waals surface area contributed by atoms with Gasteiger partial charge in [0.05, 0.1) is 6.42 Å². The van der Waals surface area contributed by atoms with Crippen molar-refractivity contribution in [1.82, 2.24) is 24.7 Å². The highest BCUT2D eigenvalue weighted by molar-refractivity contribution is 5.79. The summed E-state index contributed by atoms with van der Waals surface area (Å²) in [6.07, 6.45) is 2.95. The van der Waals surface area contributed by atoms with Gasteiger partial charge in [0.1, 0.15) is 12.1 Å². The van der Waals surface area contributed by atoms with Gasteiger partial charge in [-0.2, -0.15) is 4.52 Å². The van der Waals surface area contributed by atoms with Crippen LogP contribution in [0.3, 0.4) is 0 Å². The minimum atomic E-state index is 0.178. The average Bonchev–Trinajstić information content (AvgIpc) is 3.29. The van der Waals surface area contributed by atoms with Crippen LogP contribution in [0.25, 0.3) is 5.65 Å². The number of nitrogens with zero attached hydrogens (tertiary/aromatic N) is 6. The first-order chi connectivity index (χ1) is 15.2. The quantitative estimate of drug-likeness (QED) is 0.504. The minimum absolute atomic E-state index is 0.178. The Morgan fingerprint density at radius 3 is 2.29 bits per heavy atom. The van der Waals surface area contributed by atoms with E-state index in [9.17, 15) is 4.79 Å². The van der Waals surface area contributed by atoms with E-state index in [0.29, 0.717) is 19.5 Å². The Morgan fingerprint density at radius 2 is 1.52 bits per heavy atom. The number of carbonyl (C=O) groups excluding carboxylic acids is 1. The highest BCUT2D eigenvalue weighted by Crippen LogP contribution is 2.16. The van der Waals surface area contributed by atoms with Crippen molar-refractivity contribution in [1.29, 1.82) is 0 Å². The summed E-state index contributed by atoms with van der Waals surface area (Å²) in [5.74, 6) is 1.06. The number of fused-ring (bicyclic) bond motifs is 1. The van der Waals surface area contributed by atoms with Crippen LogP contribution in [0, 0.1) is 0 Å². The molecule has 1 aliphatic heterocycles. The van der Waals surface area contributed by atoms with E-state index < -0.39 is 0 Å². The summed E-state index contributed by atoms with van der Waals surface area (Å²) in [6, 6.07) is 22.7. The molecule has 1 aliphatic rings. The van der Waals surface area contributed by atoms with E-state index in [1.807, 2.05) is 23.1 Å². The third kappa shape index (κ3) is 4.40. The first kappa shape index (κ1) is 19.2. The molecule has 0 spiro atoms. The molecule has 7 nitrogen and oxygen atoms in total. The summed E-state index contributed by atoms with van der Waals surface area (Å²) < 4.78 is 1.67. The zero-order valence-electron chi connectivity index (χ0n) is 17.3. The molecule has 0 unspecified atom stereocenters. The molecule has 0 radical (unpaired) electrons. The molecule has 4 aromatic rings. The molecule has 3 heterocycles. The molecule has 0 bridgehead atoms. The van der Waals surface area contributed by atoms with Gasteiger partial charge in [-0.05, 0) is 35.2 Å². The first-order valence-electron chi connectivity index (χ1n) is 10.6. The number of rotatable bonds is 5. The van der Waals surface area contributed by atoms with Gasteiger partial charge in [-0.3, -0.25) is 4.79 Å². The van der Waals surface area contributed by atoms with Crippen molar-refractivity contribution in [3.8, 4) is 0 Å². The largest absolute Gasteiger partial charge is 0.352 e. The molecule has 156 valence electrons. The van der Waals surface area contributed by atoms with Crippen molar-refractivity contribution in [3.63, 3.8) is 0 Å². The lowest BCUT2D eigenvalue weighted by Gasteiger charge is -2.35. The van der Waals surface area contributed by atoms with E-state index in [1.54, 1.807) is 10.8 Å². The van der Waals surface area contributed by atoms with Gasteiger partial charge < -0.3 is 9.80 Å². The second kappa shape index (κ2) is 8.55. The summed E-state index contributed by atoms with van der Waals surface area (Å²) in [6.45, 7) is 2.93. The number of piperazine rings is 1. The molecule has 31 heavy (non-hydrogen) atoms. The van der Waals surface area contributed by atoms with Crippen LogP contribution in [0.1, 0.15) is 16.7 Å². The van der Waals surface area contributed by atoms with Gasteiger partial charge in [0.2, 0.25) is 5.91 Å². The Morgan fingerprint density at radius 1 is 0.806 bits per heavy atom. The van der Waals surface area contributed by atoms with E-state index in [1.165, 1.54) is 11.1 Å². The Bertz CT molecular complexity index is 1160. The second-order valence-corrected chi connectivity index (χ2v) is 7.85. The van der Waals surface area contributed by atoms with Crippen LogP contribution in [-0.4, -0.2) is 56.8 Å². The van der Waals surface area contributed by atoms with Crippen LogP contribution in [0.4, 0.5) is 5.82 Å². The molecule has 0 saturated carbocycles. The lowest BCUT2D eigenvalue weighted by Crippen LogP contribution is -2.49. The summed E-state index contributed by atoms with van der Waals surface area (Å²) in [7, 11) is 0. The highest BCUT2D eigenvalue weighted by atomic mass is 16.2. The number of benzene rings is 2. The zero-order valence-corrected chi connectivity index (χ0v) is 17.3. The van der Waals surface area contributed by atoms with E-state index in [-0.39, 0.29) is 5.91 Å². The van der Waals surface area contributed by atoms with E-state index in [0.717, 1.165) is 36.5 Å². The number of anilines is 1. The Labute approximate surface area is 180 Å². The first-order valence-corrected chi connectivity index (χ1v) is 10.6. The normalized spacial score (nSPS) is 14.2. The van der Waals surface area contributed by atoms with Crippen molar-refractivity contribution in [2.75, 3.05) is 31.1 Å². The fraction of sp³-hybridized carbons (Fsp3) is 0.250. The summed E-state index contributed by atoms with van der Waals surface area (Å²) in [5.41, 5.74) is 4.34. The maximum atomic E-state index is 12.8. The molecule has 0 atom stereocenters. The third-order valence-corrected chi connectivity index (χ3v) is 5.73. The molecule has 2 aromatic carbocycles. The fourth-order valence-electron chi connectivity index (χ4n) is 3.96. The van der Waals surface area contributed by atoms with Crippen LogP contribution in [0.5, 0.6) is 0 Å². The average molecular weight is 412 g/mol. The molecule has 7 heteroatoms. The molecule has 2 aromatic heterocycles. The molecule has 1 saturated heterocycles. The standard InChI is InChI=1S/C24H24N6O/c31-24(17-21-8-6-20(7-9-21)16-19-4-2-1-3-5-19)29-14-12-28(13-15-29)23-11-10-22-26-25-18-30(22)27-23/h1-11,18H,12-17H2. The van der Waals surface area contributed by atoms with Gasteiger partial charge in [0, 0.05) is 26.2 Å². The van der Waals surface area contributed by atoms with Crippen molar-refractivity contribution in [3.05, 3.63) is 89.7 Å². The Hall–Kier alpha value is -3.74. The topological polar surface area (TPSA) is 66.6 Å². The summed E-state index contributed by atoms with van der Waals surface area (Å²) in [4.78, 5) is 16.9. The van der Waals surface area contributed by atoms with Gasteiger partial charge in [-0.1, -0.05) is 54.6 Å². The molecule has 0 N–H and O–H groups in total. The predicted molar refractivity (Wildman–Crippen MR) is 119 cm³/mol. The zero-order chi connectivity index (χ0) is 21.0. The lowest BCUT2D eigenvalue weighted by molar-refractivity contribution is -0.130. The molecule has 0 aliphatic carbocycles. The molecular formula is C24H24N6O. The minimum Gasteiger partial charge on any atom is -0.352 e. The Balaban J connectivity index is 1.15. The fourth-order valence-corrected chi connectivity index (χ4v) is 3.96. The Kier molecular flexibility index (Phi) is 5.31. The van der Waals surface area contributed by atoms with Crippen LogP contribution >= 0.6 is 0 Å². The maximum Gasteiger partial charge on any atom is 0.227 e. The monoisotopic (exact) mass is 412 g/mol. The van der Waals surface area contributed by atoms with E-state index in [4.69, 9.17) is 0 Å². The molecule has 5 rings (SSSR count). The number of carbonyl (C=O) groups is 1. The van der Waals surface area contributed by atoms with Crippen molar-refractivity contribution < 1.29 is 4.79 Å². The van der Waals surface area contributed by atoms with Crippen LogP contribution in [0.15, 0.2) is 73.1 Å². The number of hydrogen-bond acceptors (Lipinski definition) is 5. The summed E-state index contributed by atoms with van der Waals surface area (Å²) >= 11 is 0. The third-order valence-electron chi connectivity index (χ3n) is 5.73. The molecular weight excluding hydrogens is 388 g/mol. The van der Waals surface area contributed by atoms with Crippen molar-refractivity contribution in [2.45, 2.75) is 12.8 Å². The second-order valence-electron chi connectivity index (χ2n) is 7.85. The molecule has 1 amide bonds. The SMILES string of the molecule is O=C(Cc1ccc(Cc2ccccc2)cc1)N1CCN(c2ccc3nncn3n2)CC1. The van der Waals surface area contributed by atoms with Crippen LogP contribution < -0.4 is 4.90 Å². The maximum absolute atomic E-state index is 12.8. The number of hydrogen-bond donors (Lipinski definition) is 0. The van der Waals surface area contributed by atoms with Gasteiger partial charge >= 0.3 is 0 Å². The van der Waals surface area contributed by atoms with Crippen molar-refractivity contribution in [2.24, 2.45) is 0 Å². The number of aromatic nitrogens is 4. The van der Waals surface area contributed by atoms with Gasteiger partial charge in [-0.25, -0.2) is 0 Å². The van der Waals surface area contributed by atoms with Crippen molar-refractivity contribution >= 4 is 17.4 Å². The smallest absolute Gasteiger partial charge is 0.227 e. The summed E-state index contributed by atoms with van der Waals surface area (Å²) in [5, 5.41) is 12.4. The van der Waals surface area contributed by atoms with Crippen LogP contribution in [-0.2, 0) is 17.6 Å². The highest BCUT2D eigenvalue weighted by Gasteiger charge is 2.22. The van der Waals surface area contributed by atoms with Crippen LogP contribution in [0.2, 0.25) is 0 Å². The van der Waals surface area contributed by atoms with Gasteiger partial charge in [-0.15, -0.1) is 15.3 Å². The lowest BCUT2D eigenvalue weighted by atomic mass is 10.0.